The molecule has 1 rings (SSSR count). The van der Waals surface area contributed by atoms with Crippen molar-refractivity contribution in [3.05, 3.63) is 0 Å². The van der Waals surface area contributed by atoms with Gasteiger partial charge >= 0.3 is 0 Å². The van der Waals surface area contributed by atoms with Crippen LogP contribution in [-0.4, -0.2) is 47.1 Å². The van der Waals surface area contributed by atoms with Gasteiger partial charge in [-0.25, -0.2) is 0 Å². The molecule has 1 aliphatic rings. The Balaban J connectivity index is 2.49. The number of hydrogen-bond donors (Lipinski definition) is 1. The van der Waals surface area contributed by atoms with Crippen LogP contribution in [0.25, 0.3) is 0 Å². The van der Waals surface area contributed by atoms with Crippen LogP contribution in [0, 0.1) is 0 Å². The number of thioether (sulfide) groups is 1. The minimum atomic E-state index is 0.600. The summed E-state index contributed by atoms with van der Waals surface area (Å²) in [5.41, 5.74) is 0. The van der Waals surface area contributed by atoms with Gasteiger partial charge in [0.25, 0.3) is 0 Å². The van der Waals surface area contributed by atoms with Crippen molar-refractivity contribution < 1.29 is 0 Å². The Morgan fingerprint density at radius 2 is 1.82 bits per heavy atom. The quantitative estimate of drug-likeness (QED) is 0.788. The summed E-state index contributed by atoms with van der Waals surface area (Å²) in [4.78, 5) is 2.71. The Morgan fingerprint density at radius 1 is 1.24 bits per heavy atom. The van der Waals surface area contributed by atoms with Crippen LogP contribution in [0.3, 0.4) is 0 Å². The van der Waals surface area contributed by atoms with Gasteiger partial charge in [0, 0.05) is 42.2 Å². The van der Waals surface area contributed by atoms with Gasteiger partial charge in [0.15, 0.2) is 0 Å². The molecule has 0 bridgehead atoms. The van der Waals surface area contributed by atoms with Gasteiger partial charge in [0.2, 0.25) is 0 Å². The Hall–Kier alpha value is 0.270. The molecule has 0 spiro atoms. The largest absolute Gasteiger partial charge is 0.313 e. The van der Waals surface area contributed by atoms with E-state index < -0.39 is 0 Å². The van der Waals surface area contributed by atoms with Crippen molar-refractivity contribution in [2.75, 3.05) is 19.6 Å². The highest BCUT2D eigenvalue weighted by molar-refractivity contribution is 8.00. The molecule has 102 valence electrons. The molecule has 1 saturated heterocycles. The first-order valence-electron chi connectivity index (χ1n) is 7.15. The molecule has 0 amide bonds. The second-order valence-electron chi connectivity index (χ2n) is 5.72. The van der Waals surface area contributed by atoms with E-state index in [0.717, 1.165) is 23.1 Å². The van der Waals surface area contributed by atoms with Gasteiger partial charge in [0.1, 0.15) is 0 Å². The Morgan fingerprint density at radius 3 is 2.29 bits per heavy atom. The molecule has 2 nitrogen and oxygen atoms in total. The lowest BCUT2D eigenvalue weighted by Gasteiger charge is -2.40. The summed E-state index contributed by atoms with van der Waals surface area (Å²) in [5, 5.41) is 5.19. The first-order valence-corrected chi connectivity index (χ1v) is 8.10. The Bertz CT molecular complexity index is 198. The van der Waals surface area contributed by atoms with E-state index in [2.05, 4.69) is 56.6 Å². The van der Waals surface area contributed by atoms with E-state index >= 15 is 0 Å². The summed E-state index contributed by atoms with van der Waals surface area (Å²) in [6.07, 6.45) is 2.61. The zero-order valence-corrected chi connectivity index (χ0v) is 13.0. The highest BCUT2D eigenvalue weighted by Gasteiger charge is 2.27. The predicted molar refractivity (Wildman–Crippen MR) is 79.9 cm³/mol. The van der Waals surface area contributed by atoms with Crippen LogP contribution in [0.15, 0.2) is 0 Å². The normalized spacial score (nSPS) is 28.6. The monoisotopic (exact) mass is 258 g/mol. The van der Waals surface area contributed by atoms with Crippen LogP contribution < -0.4 is 5.32 Å². The molecule has 17 heavy (non-hydrogen) atoms. The third-order valence-electron chi connectivity index (χ3n) is 3.35. The maximum atomic E-state index is 3.61. The average Bonchev–Trinajstić information content (AvgIpc) is 2.22. The minimum absolute atomic E-state index is 0.600. The molecule has 1 N–H and O–H groups in total. The molecule has 0 aromatic heterocycles. The third-order valence-corrected chi connectivity index (χ3v) is 4.58. The molecule has 3 unspecified atom stereocenters. The second kappa shape index (κ2) is 7.65. The highest BCUT2D eigenvalue weighted by Crippen LogP contribution is 2.26. The molecular formula is C14H30N2S. The van der Waals surface area contributed by atoms with Crippen LogP contribution in [0.2, 0.25) is 0 Å². The van der Waals surface area contributed by atoms with E-state index in [4.69, 9.17) is 0 Å². The molecule has 1 fully saturated rings. The SMILES string of the molecule is CCCC(CNC(C)C)N1CC(C)SC(C)C1. The van der Waals surface area contributed by atoms with Crippen LogP contribution in [0.5, 0.6) is 0 Å². The van der Waals surface area contributed by atoms with Crippen molar-refractivity contribution in [3.8, 4) is 0 Å². The standard InChI is InChI=1S/C14H30N2S/c1-6-7-14(8-15-11(2)3)16-9-12(4)17-13(5)10-16/h11-15H,6-10H2,1-5H3. The lowest BCUT2D eigenvalue weighted by atomic mass is 10.1. The number of rotatable bonds is 6. The third kappa shape index (κ3) is 5.62. The number of hydrogen-bond acceptors (Lipinski definition) is 3. The summed E-state index contributed by atoms with van der Waals surface area (Å²) in [6.45, 7) is 15.2. The average molecular weight is 258 g/mol. The highest BCUT2D eigenvalue weighted by atomic mass is 32.2. The van der Waals surface area contributed by atoms with E-state index in [0.29, 0.717) is 6.04 Å². The topological polar surface area (TPSA) is 15.3 Å². The Labute approximate surface area is 112 Å². The van der Waals surface area contributed by atoms with Gasteiger partial charge < -0.3 is 5.32 Å². The van der Waals surface area contributed by atoms with Crippen LogP contribution in [0.4, 0.5) is 0 Å². The first kappa shape index (κ1) is 15.3. The molecule has 1 aliphatic heterocycles. The van der Waals surface area contributed by atoms with Crippen LogP contribution in [0.1, 0.15) is 47.5 Å². The minimum Gasteiger partial charge on any atom is -0.313 e. The maximum Gasteiger partial charge on any atom is 0.0221 e. The van der Waals surface area contributed by atoms with E-state index in [-0.39, 0.29) is 0 Å². The summed E-state index contributed by atoms with van der Waals surface area (Å²) < 4.78 is 0. The molecule has 3 atom stereocenters. The summed E-state index contributed by atoms with van der Waals surface area (Å²) in [6, 6.07) is 1.33. The fraction of sp³-hybridized carbons (Fsp3) is 1.00. The second-order valence-corrected chi connectivity index (χ2v) is 7.60. The van der Waals surface area contributed by atoms with Crippen molar-refractivity contribution in [3.63, 3.8) is 0 Å². The van der Waals surface area contributed by atoms with Crippen molar-refractivity contribution in [1.29, 1.82) is 0 Å². The smallest absolute Gasteiger partial charge is 0.0221 e. The molecule has 0 radical (unpaired) electrons. The lowest BCUT2D eigenvalue weighted by molar-refractivity contribution is 0.177. The van der Waals surface area contributed by atoms with E-state index in [9.17, 15) is 0 Å². The zero-order valence-electron chi connectivity index (χ0n) is 12.2. The van der Waals surface area contributed by atoms with Gasteiger partial charge in [-0.2, -0.15) is 11.8 Å². The Kier molecular flexibility index (Phi) is 6.90. The molecule has 0 aromatic carbocycles. The number of nitrogens with zero attached hydrogens (tertiary/aromatic N) is 1. The van der Waals surface area contributed by atoms with Crippen LogP contribution in [-0.2, 0) is 0 Å². The van der Waals surface area contributed by atoms with E-state index in [1.807, 2.05) is 0 Å². The van der Waals surface area contributed by atoms with Crippen molar-refractivity contribution in [1.82, 2.24) is 10.2 Å². The molecule has 0 saturated carbocycles. The van der Waals surface area contributed by atoms with Gasteiger partial charge in [-0.1, -0.05) is 41.0 Å². The predicted octanol–water partition coefficient (Wildman–Crippen LogP) is 2.98. The summed E-state index contributed by atoms with van der Waals surface area (Å²) >= 11 is 2.14. The van der Waals surface area contributed by atoms with E-state index in [1.54, 1.807) is 0 Å². The zero-order chi connectivity index (χ0) is 12.8. The molecular weight excluding hydrogens is 228 g/mol. The fourth-order valence-corrected chi connectivity index (χ4v) is 3.98. The molecule has 0 aromatic rings. The summed E-state index contributed by atoms with van der Waals surface area (Å²) in [5.74, 6) is 0. The fourth-order valence-electron chi connectivity index (χ4n) is 2.63. The lowest BCUT2D eigenvalue weighted by Crippen LogP contribution is -2.50. The first-order chi connectivity index (χ1) is 8.02. The van der Waals surface area contributed by atoms with Gasteiger partial charge in [0.05, 0.1) is 0 Å². The van der Waals surface area contributed by atoms with Crippen molar-refractivity contribution >= 4 is 11.8 Å². The van der Waals surface area contributed by atoms with Crippen LogP contribution >= 0.6 is 11.8 Å². The molecule has 3 heteroatoms. The van der Waals surface area contributed by atoms with Crippen molar-refractivity contribution in [2.24, 2.45) is 0 Å². The summed E-state index contributed by atoms with van der Waals surface area (Å²) in [7, 11) is 0. The molecule has 1 heterocycles. The molecule has 0 aliphatic carbocycles. The maximum absolute atomic E-state index is 3.61. The van der Waals surface area contributed by atoms with Gasteiger partial charge in [-0.05, 0) is 6.42 Å². The number of nitrogens with one attached hydrogen (secondary N) is 1. The van der Waals surface area contributed by atoms with Crippen molar-refractivity contribution in [2.45, 2.75) is 70.0 Å². The van der Waals surface area contributed by atoms with Gasteiger partial charge in [-0.15, -0.1) is 0 Å². The van der Waals surface area contributed by atoms with Gasteiger partial charge in [-0.3, -0.25) is 4.90 Å². The van der Waals surface area contributed by atoms with E-state index in [1.165, 1.54) is 25.9 Å².